The third-order valence-corrected chi connectivity index (χ3v) is 3.15. The maximum atomic E-state index is 5.87. The van der Waals surface area contributed by atoms with Crippen molar-refractivity contribution in [1.29, 1.82) is 0 Å². The predicted octanol–water partition coefficient (Wildman–Crippen LogP) is 1.03. The summed E-state index contributed by atoms with van der Waals surface area (Å²) in [6.45, 7) is 6.43. The molecule has 0 aromatic carbocycles. The van der Waals surface area contributed by atoms with Crippen LogP contribution >= 0.6 is 0 Å². The van der Waals surface area contributed by atoms with Crippen LogP contribution in [0, 0.1) is 5.92 Å². The van der Waals surface area contributed by atoms with Crippen LogP contribution in [0.3, 0.4) is 0 Å². The van der Waals surface area contributed by atoms with Gasteiger partial charge in [-0.05, 0) is 25.9 Å². The third-order valence-electron chi connectivity index (χ3n) is 3.15. The number of nitrogens with zero attached hydrogens (tertiary/aromatic N) is 4. The summed E-state index contributed by atoms with van der Waals surface area (Å²) in [6, 6.07) is 0. The van der Waals surface area contributed by atoms with E-state index in [4.69, 9.17) is 7.85 Å². The van der Waals surface area contributed by atoms with Crippen molar-refractivity contribution in [3.63, 3.8) is 0 Å². The lowest BCUT2D eigenvalue weighted by atomic mass is 9.87. The summed E-state index contributed by atoms with van der Waals surface area (Å²) >= 11 is 0. The molecule has 0 aromatic rings. The highest BCUT2D eigenvalue weighted by molar-refractivity contribution is 6.62. The van der Waals surface area contributed by atoms with E-state index in [1.54, 1.807) is 6.34 Å². The van der Waals surface area contributed by atoms with Gasteiger partial charge in [-0.3, -0.25) is 5.01 Å². The van der Waals surface area contributed by atoms with E-state index in [1.807, 2.05) is 11.2 Å². The molecule has 2 radical (unpaired) electrons. The topological polar surface area (TPSA) is 40.3 Å². The van der Waals surface area contributed by atoms with Crippen molar-refractivity contribution >= 4 is 26.0 Å². The van der Waals surface area contributed by atoms with Crippen molar-refractivity contribution < 1.29 is 0 Å². The van der Waals surface area contributed by atoms with Crippen LogP contribution in [0.25, 0.3) is 0 Å². The predicted molar refractivity (Wildman–Crippen MR) is 63.7 cm³/mol. The highest BCUT2D eigenvalue weighted by atomic mass is 15.6. The summed E-state index contributed by atoms with van der Waals surface area (Å²) in [4.78, 5) is 8.35. The summed E-state index contributed by atoms with van der Waals surface area (Å²) in [7, 11) is 5.87. The lowest BCUT2D eigenvalue weighted by molar-refractivity contribution is 0.0824. The van der Waals surface area contributed by atoms with Crippen LogP contribution in [0.15, 0.2) is 15.1 Å². The van der Waals surface area contributed by atoms with Crippen molar-refractivity contribution in [2.24, 2.45) is 21.0 Å². The zero-order valence-corrected chi connectivity index (χ0v) is 9.38. The SMILES string of the molecule is [B]C1=NN(C(C)(C)CC)C2N=CN=CC12. The molecule has 0 aliphatic carbocycles. The van der Waals surface area contributed by atoms with Gasteiger partial charge < -0.3 is 0 Å². The van der Waals surface area contributed by atoms with Crippen molar-refractivity contribution in [3.8, 4) is 0 Å². The van der Waals surface area contributed by atoms with Gasteiger partial charge in [0.25, 0.3) is 0 Å². The van der Waals surface area contributed by atoms with Gasteiger partial charge in [-0.25, -0.2) is 9.98 Å². The number of rotatable bonds is 2. The standard InChI is InChI=1S/C10H15BN4/c1-4-10(2,3)15-9-7(8(11)14-15)5-12-6-13-9/h5-7,9H,4H2,1-3H3. The molecule has 2 heterocycles. The van der Waals surface area contributed by atoms with Crippen LogP contribution in [0.5, 0.6) is 0 Å². The fourth-order valence-electron chi connectivity index (χ4n) is 1.76. The average Bonchev–Trinajstić information content (AvgIpc) is 2.58. The summed E-state index contributed by atoms with van der Waals surface area (Å²) in [5.74, 6) is 0.0424. The minimum Gasteiger partial charge on any atom is -0.267 e. The molecule has 2 atom stereocenters. The fourth-order valence-corrected chi connectivity index (χ4v) is 1.76. The van der Waals surface area contributed by atoms with Crippen molar-refractivity contribution in [2.75, 3.05) is 0 Å². The number of aliphatic imine (C=N–C) groups is 2. The molecule has 0 bridgehead atoms. The molecule has 0 N–H and O–H groups in total. The van der Waals surface area contributed by atoms with Crippen LogP contribution in [-0.4, -0.2) is 42.7 Å². The number of fused-ring (bicyclic) bond motifs is 1. The van der Waals surface area contributed by atoms with E-state index in [-0.39, 0.29) is 17.6 Å². The zero-order valence-electron chi connectivity index (χ0n) is 9.38. The van der Waals surface area contributed by atoms with Gasteiger partial charge in [0, 0.05) is 6.21 Å². The van der Waals surface area contributed by atoms with E-state index >= 15 is 0 Å². The zero-order chi connectivity index (χ0) is 11.1. The Morgan fingerprint density at radius 2 is 2.27 bits per heavy atom. The maximum absolute atomic E-state index is 5.87. The Morgan fingerprint density at radius 1 is 1.53 bits per heavy atom. The summed E-state index contributed by atoms with van der Waals surface area (Å²) in [6.07, 6.45) is 4.40. The van der Waals surface area contributed by atoms with Gasteiger partial charge in [0.15, 0.2) is 6.17 Å². The van der Waals surface area contributed by atoms with Crippen molar-refractivity contribution in [3.05, 3.63) is 0 Å². The molecule has 0 amide bonds. The van der Waals surface area contributed by atoms with Crippen LogP contribution in [-0.2, 0) is 0 Å². The van der Waals surface area contributed by atoms with E-state index in [9.17, 15) is 0 Å². The summed E-state index contributed by atoms with van der Waals surface area (Å²) in [5.41, 5.74) is 0.592. The fraction of sp³-hybridized carbons (Fsp3) is 0.700. The van der Waals surface area contributed by atoms with Gasteiger partial charge in [-0.15, -0.1) is 0 Å². The van der Waals surface area contributed by atoms with E-state index in [0.29, 0.717) is 5.61 Å². The molecular weight excluding hydrogens is 187 g/mol. The highest BCUT2D eigenvalue weighted by Gasteiger charge is 2.40. The van der Waals surface area contributed by atoms with E-state index in [1.165, 1.54) is 0 Å². The first-order valence-corrected chi connectivity index (χ1v) is 5.24. The maximum Gasteiger partial charge on any atom is 0.151 e. The summed E-state index contributed by atoms with van der Waals surface area (Å²) in [5, 5.41) is 6.39. The minimum absolute atomic E-state index is 0.00236. The molecule has 2 aliphatic rings. The van der Waals surface area contributed by atoms with Crippen LogP contribution in [0.4, 0.5) is 0 Å². The molecule has 0 fully saturated rings. The molecule has 5 heteroatoms. The Morgan fingerprint density at radius 3 is 2.93 bits per heavy atom. The van der Waals surface area contributed by atoms with Gasteiger partial charge in [0.1, 0.15) is 14.2 Å². The molecule has 2 unspecified atom stereocenters. The Balaban J connectivity index is 2.29. The summed E-state index contributed by atoms with van der Waals surface area (Å²) < 4.78 is 0. The second-order valence-electron chi connectivity index (χ2n) is 4.54. The number of hydrogen-bond donors (Lipinski definition) is 0. The molecule has 15 heavy (non-hydrogen) atoms. The van der Waals surface area contributed by atoms with Crippen LogP contribution < -0.4 is 0 Å². The van der Waals surface area contributed by atoms with E-state index in [0.717, 1.165) is 6.42 Å². The van der Waals surface area contributed by atoms with Gasteiger partial charge in [0.2, 0.25) is 0 Å². The largest absolute Gasteiger partial charge is 0.267 e. The molecule has 0 saturated heterocycles. The first-order chi connectivity index (χ1) is 7.06. The van der Waals surface area contributed by atoms with Gasteiger partial charge in [-0.1, -0.05) is 6.92 Å². The molecule has 2 aliphatic heterocycles. The first-order valence-electron chi connectivity index (χ1n) is 5.24. The van der Waals surface area contributed by atoms with Gasteiger partial charge in [-0.2, -0.15) is 5.10 Å². The van der Waals surface area contributed by atoms with Crippen molar-refractivity contribution in [1.82, 2.24) is 5.01 Å². The van der Waals surface area contributed by atoms with Gasteiger partial charge in [0.05, 0.1) is 11.5 Å². The Labute approximate surface area is 91.6 Å². The Kier molecular flexibility index (Phi) is 2.40. The van der Waals surface area contributed by atoms with Gasteiger partial charge >= 0.3 is 0 Å². The van der Waals surface area contributed by atoms with Crippen LogP contribution in [0.1, 0.15) is 27.2 Å². The lowest BCUT2D eigenvalue weighted by Crippen LogP contribution is -2.46. The van der Waals surface area contributed by atoms with Crippen LogP contribution in [0.2, 0.25) is 0 Å². The minimum atomic E-state index is -0.0213. The number of hydrogen-bond acceptors (Lipinski definition) is 4. The first kappa shape index (κ1) is 10.4. The average molecular weight is 202 g/mol. The van der Waals surface area contributed by atoms with E-state index in [2.05, 4.69) is 35.9 Å². The highest BCUT2D eigenvalue weighted by Crippen LogP contribution is 2.31. The van der Waals surface area contributed by atoms with Crippen molar-refractivity contribution in [2.45, 2.75) is 38.9 Å². The molecule has 0 aromatic heterocycles. The monoisotopic (exact) mass is 202 g/mol. The Bertz CT molecular complexity index is 345. The molecule has 4 nitrogen and oxygen atoms in total. The number of hydrazone groups is 1. The molecular formula is C10H15BN4. The molecule has 2 rings (SSSR count). The second kappa shape index (κ2) is 3.47. The normalized spacial score (nSPS) is 29.3. The third kappa shape index (κ3) is 1.60. The molecule has 0 saturated carbocycles. The second-order valence-corrected chi connectivity index (χ2v) is 4.54. The smallest absolute Gasteiger partial charge is 0.151 e. The van der Waals surface area contributed by atoms with E-state index < -0.39 is 0 Å². The quantitative estimate of drug-likeness (QED) is 0.616. The Hall–Kier alpha value is -1.13. The lowest BCUT2D eigenvalue weighted by Gasteiger charge is -2.37. The molecule has 78 valence electrons. The molecule has 0 spiro atoms.